The van der Waals surface area contributed by atoms with E-state index in [1.165, 1.54) is 0 Å². The number of nitrogens with two attached hydrogens (primary N) is 1. The average molecular weight is 139 g/mol. The third kappa shape index (κ3) is 6.20. The molecule has 0 radical (unpaired) electrons. The predicted molar refractivity (Wildman–Crippen MR) is 39.3 cm³/mol. The summed E-state index contributed by atoms with van der Waals surface area (Å²) >= 11 is 4.25. The third-order valence-corrected chi connectivity index (χ3v) is 0.761. The zero-order valence-corrected chi connectivity index (χ0v) is 5.83. The number of hydrogen-bond donors (Lipinski definition) is 2. The van der Waals surface area contributed by atoms with Crippen LogP contribution < -0.4 is 5.73 Å². The van der Waals surface area contributed by atoms with Gasteiger partial charge in [-0.15, -0.1) is 0 Å². The van der Waals surface area contributed by atoms with Crippen LogP contribution in [-0.2, 0) is 0 Å². The molecule has 0 bridgehead atoms. The molecular weight excluding hydrogens is 130 g/mol. The Morgan fingerprint density at radius 2 is 2.00 bits per heavy atom. The molecule has 0 aliphatic rings. The zero-order chi connectivity index (χ0) is 5.15. The Kier molecular flexibility index (Phi) is 6.38. The lowest BCUT2D eigenvalue weighted by molar-refractivity contribution is 0.538. The fraction of sp³-hybridized carbons (Fsp3) is 0.667. The first kappa shape index (κ1) is 10.2. The van der Waals surface area contributed by atoms with Gasteiger partial charge >= 0.3 is 0 Å². The molecule has 0 saturated heterocycles. The van der Waals surface area contributed by atoms with Crippen LogP contribution in [0, 0.1) is 0 Å². The van der Waals surface area contributed by atoms with E-state index in [2.05, 4.69) is 12.2 Å². The van der Waals surface area contributed by atoms with Crippen molar-refractivity contribution >= 4 is 30.8 Å². The molecule has 7 heavy (non-hydrogen) atoms. The van der Waals surface area contributed by atoms with Gasteiger partial charge in [0.2, 0.25) is 0 Å². The average Bonchev–Trinajstić information content (AvgIpc) is 1.36. The lowest BCUT2D eigenvalue weighted by Gasteiger charge is -1.94. The van der Waals surface area contributed by atoms with Crippen LogP contribution in [0.5, 0.6) is 0 Å². The van der Waals surface area contributed by atoms with Crippen LogP contribution in [0.25, 0.3) is 0 Å². The molecule has 1 unspecified atom stereocenters. The summed E-state index contributed by atoms with van der Waals surface area (Å²) in [6, 6.07) is -0.361. The number of thiocarbonyl (C=S) groups is 1. The van der Waals surface area contributed by atoms with Crippen molar-refractivity contribution < 1.29 is 5.11 Å². The van der Waals surface area contributed by atoms with E-state index in [4.69, 9.17) is 10.8 Å². The van der Waals surface area contributed by atoms with E-state index < -0.39 is 0 Å². The Labute approximate surface area is 55.2 Å². The molecule has 0 aromatic heterocycles. The molecule has 0 aliphatic carbocycles. The molecule has 3 N–H and O–H groups in total. The summed E-state index contributed by atoms with van der Waals surface area (Å²) in [5.41, 5.74) is 5.04. The molecule has 0 amide bonds. The molecule has 0 aromatic rings. The molecule has 0 saturated carbocycles. The fourth-order valence-electron chi connectivity index (χ4n) is 0. The standard InChI is InChI=1S/C3H7NOS.H2S/c1-2(4)3(5)6;/h2H,4H2,1H3,(H,5,6);1H2. The van der Waals surface area contributed by atoms with Gasteiger partial charge in [-0.05, 0) is 19.1 Å². The summed E-state index contributed by atoms with van der Waals surface area (Å²) in [6.07, 6.45) is 0. The summed E-state index contributed by atoms with van der Waals surface area (Å²) in [4.78, 5) is 0. The molecule has 1 atom stereocenters. The Balaban J connectivity index is 0. The first-order valence-corrected chi connectivity index (χ1v) is 2.04. The van der Waals surface area contributed by atoms with E-state index in [9.17, 15) is 0 Å². The lowest BCUT2D eigenvalue weighted by atomic mass is 10.4. The Morgan fingerprint density at radius 3 is 2.00 bits per heavy atom. The highest BCUT2D eigenvalue weighted by Crippen LogP contribution is 1.74. The van der Waals surface area contributed by atoms with Crippen LogP contribution in [0.4, 0.5) is 0 Å². The van der Waals surface area contributed by atoms with Crippen molar-refractivity contribution in [1.29, 1.82) is 0 Å². The van der Waals surface area contributed by atoms with Gasteiger partial charge in [0.15, 0.2) is 5.05 Å². The fourth-order valence-corrected chi connectivity index (χ4v) is 0. The van der Waals surface area contributed by atoms with Crippen molar-refractivity contribution in [3.05, 3.63) is 0 Å². The van der Waals surface area contributed by atoms with Crippen molar-refractivity contribution in [2.45, 2.75) is 13.0 Å². The third-order valence-electron chi connectivity index (χ3n) is 0.390. The van der Waals surface area contributed by atoms with Crippen LogP contribution in [-0.4, -0.2) is 16.2 Å². The van der Waals surface area contributed by atoms with Crippen LogP contribution >= 0.6 is 25.7 Å². The summed E-state index contributed by atoms with van der Waals surface area (Å²) in [5, 5.41) is 8.11. The second-order valence-corrected chi connectivity index (χ2v) is 1.55. The zero-order valence-electron chi connectivity index (χ0n) is 4.01. The summed E-state index contributed by atoms with van der Waals surface area (Å²) < 4.78 is 0. The molecular formula is C3H9NOS2. The molecule has 0 aromatic carbocycles. The number of rotatable bonds is 1. The largest absolute Gasteiger partial charge is 0.501 e. The van der Waals surface area contributed by atoms with Gasteiger partial charge in [0, 0.05) is 0 Å². The minimum Gasteiger partial charge on any atom is -0.501 e. The van der Waals surface area contributed by atoms with Crippen LogP contribution in [0.15, 0.2) is 0 Å². The van der Waals surface area contributed by atoms with Crippen LogP contribution in [0.1, 0.15) is 6.92 Å². The number of hydrogen-bond acceptors (Lipinski definition) is 2. The summed E-state index contributed by atoms with van der Waals surface area (Å²) in [5.74, 6) is 0. The second kappa shape index (κ2) is 4.36. The van der Waals surface area contributed by atoms with Crippen molar-refractivity contribution in [3.8, 4) is 0 Å². The first-order chi connectivity index (χ1) is 2.64. The van der Waals surface area contributed by atoms with E-state index >= 15 is 0 Å². The first-order valence-electron chi connectivity index (χ1n) is 1.63. The highest BCUT2D eigenvalue weighted by atomic mass is 32.1. The van der Waals surface area contributed by atoms with Gasteiger partial charge in [-0.1, -0.05) is 0 Å². The predicted octanol–water partition coefficient (Wildman–Crippen LogP) is 0.332. The molecule has 0 fully saturated rings. The Bertz CT molecular complexity index is 64.0. The molecule has 0 spiro atoms. The lowest BCUT2D eigenvalue weighted by Crippen LogP contribution is -2.23. The molecule has 0 rings (SSSR count). The van der Waals surface area contributed by atoms with Gasteiger partial charge in [0.05, 0.1) is 6.04 Å². The van der Waals surface area contributed by atoms with Gasteiger partial charge in [0.25, 0.3) is 0 Å². The van der Waals surface area contributed by atoms with Gasteiger partial charge in [-0.3, -0.25) is 0 Å². The van der Waals surface area contributed by atoms with E-state index in [0.717, 1.165) is 0 Å². The van der Waals surface area contributed by atoms with Gasteiger partial charge in [0.1, 0.15) is 0 Å². The molecule has 0 aliphatic heterocycles. The van der Waals surface area contributed by atoms with Crippen LogP contribution in [0.2, 0.25) is 0 Å². The van der Waals surface area contributed by atoms with Crippen molar-refractivity contribution in [2.75, 3.05) is 0 Å². The van der Waals surface area contributed by atoms with Gasteiger partial charge in [-0.2, -0.15) is 13.5 Å². The van der Waals surface area contributed by atoms with Crippen LogP contribution in [0.3, 0.4) is 0 Å². The van der Waals surface area contributed by atoms with Crippen molar-refractivity contribution in [3.63, 3.8) is 0 Å². The van der Waals surface area contributed by atoms with Gasteiger partial charge in [-0.25, -0.2) is 0 Å². The molecule has 2 nitrogen and oxygen atoms in total. The molecule has 4 heteroatoms. The van der Waals surface area contributed by atoms with Gasteiger partial charge < -0.3 is 10.8 Å². The number of aliphatic hydroxyl groups excluding tert-OH is 1. The normalized spacial score (nSPS) is 11.7. The maximum Gasteiger partial charge on any atom is 0.173 e. The second-order valence-electron chi connectivity index (χ2n) is 1.13. The maximum absolute atomic E-state index is 8.24. The van der Waals surface area contributed by atoms with E-state index in [0.29, 0.717) is 0 Å². The topological polar surface area (TPSA) is 46.2 Å². The minimum absolute atomic E-state index is 0. The Morgan fingerprint density at radius 1 is 1.86 bits per heavy atom. The highest BCUT2D eigenvalue weighted by molar-refractivity contribution is 7.80. The monoisotopic (exact) mass is 139 g/mol. The van der Waals surface area contributed by atoms with E-state index in [1.807, 2.05) is 0 Å². The summed E-state index contributed by atoms with van der Waals surface area (Å²) in [6.45, 7) is 1.63. The minimum atomic E-state index is -0.361. The maximum atomic E-state index is 8.24. The number of aliphatic hydroxyl groups is 1. The smallest absolute Gasteiger partial charge is 0.173 e. The highest BCUT2D eigenvalue weighted by Gasteiger charge is 1.93. The van der Waals surface area contributed by atoms with E-state index in [1.54, 1.807) is 6.92 Å². The Hall–Kier alpha value is 0.200. The molecule has 44 valence electrons. The van der Waals surface area contributed by atoms with E-state index in [-0.39, 0.29) is 24.6 Å². The van der Waals surface area contributed by atoms with Crippen molar-refractivity contribution in [1.82, 2.24) is 0 Å². The SMILES string of the molecule is CC(N)C(O)=S.S. The van der Waals surface area contributed by atoms with Crippen molar-refractivity contribution in [2.24, 2.45) is 5.73 Å². The summed E-state index contributed by atoms with van der Waals surface area (Å²) in [7, 11) is 0. The molecule has 0 heterocycles. The quantitative estimate of drug-likeness (QED) is 0.515.